The van der Waals surface area contributed by atoms with Gasteiger partial charge in [0, 0.05) is 17.7 Å². The van der Waals surface area contributed by atoms with Crippen LogP contribution in [-0.2, 0) is 0 Å². The van der Waals surface area contributed by atoms with Gasteiger partial charge in [-0.05, 0) is 53.1 Å². The molecule has 1 aromatic rings. The van der Waals surface area contributed by atoms with Crippen LogP contribution in [0.4, 0.5) is 4.39 Å². The lowest BCUT2D eigenvalue weighted by molar-refractivity contribution is 0.206. The Labute approximate surface area is 115 Å². The van der Waals surface area contributed by atoms with Gasteiger partial charge in [0.1, 0.15) is 11.6 Å². The van der Waals surface area contributed by atoms with E-state index in [0.29, 0.717) is 0 Å². The molecule has 0 aliphatic carbocycles. The largest absolute Gasteiger partial charge is 0.508 e. The summed E-state index contributed by atoms with van der Waals surface area (Å²) in [6, 6.07) is 4.34. The standard InChI is InChI=1S/C15H25FN2O/c1-5-18(10-6-9-17(3)4)12(2)14-8-7-13(16)11-15(14)19/h7-8,11-12,19H,5-6,9-10H2,1-4H3. The molecule has 1 aromatic carbocycles. The number of phenols is 1. The third-order valence-corrected chi connectivity index (χ3v) is 3.45. The maximum Gasteiger partial charge on any atom is 0.126 e. The predicted octanol–water partition coefficient (Wildman–Crippen LogP) is 2.87. The van der Waals surface area contributed by atoms with Crippen molar-refractivity contribution in [2.45, 2.75) is 26.3 Å². The zero-order valence-corrected chi connectivity index (χ0v) is 12.4. The van der Waals surface area contributed by atoms with Gasteiger partial charge in [-0.1, -0.05) is 13.0 Å². The fraction of sp³-hybridized carbons (Fsp3) is 0.600. The van der Waals surface area contributed by atoms with E-state index >= 15 is 0 Å². The van der Waals surface area contributed by atoms with E-state index in [-0.39, 0.29) is 11.8 Å². The molecular formula is C15H25FN2O. The molecule has 0 amide bonds. The average Bonchev–Trinajstić information content (AvgIpc) is 2.33. The molecule has 19 heavy (non-hydrogen) atoms. The Kier molecular flexibility index (Phi) is 6.25. The first-order chi connectivity index (χ1) is 8.95. The molecule has 0 saturated carbocycles. The Bertz CT molecular complexity index is 396. The lowest BCUT2D eigenvalue weighted by Crippen LogP contribution is -2.30. The Morgan fingerprint density at radius 3 is 2.47 bits per heavy atom. The summed E-state index contributed by atoms with van der Waals surface area (Å²) in [4.78, 5) is 4.45. The van der Waals surface area contributed by atoms with E-state index in [1.165, 1.54) is 12.1 Å². The highest BCUT2D eigenvalue weighted by atomic mass is 19.1. The van der Waals surface area contributed by atoms with Crippen molar-refractivity contribution in [3.8, 4) is 5.75 Å². The normalized spacial score (nSPS) is 13.2. The SMILES string of the molecule is CCN(CCCN(C)C)C(C)c1ccc(F)cc1O. The zero-order chi connectivity index (χ0) is 14.4. The van der Waals surface area contributed by atoms with Crippen molar-refractivity contribution in [1.82, 2.24) is 9.80 Å². The van der Waals surface area contributed by atoms with Gasteiger partial charge in [0.2, 0.25) is 0 Å². The lowest BCUT2D eigenvalue weighted by atomic mass is 10.1. The van der Waals surface area contributed by atoms with Crippen LogP contribution in [0.1, 0.15) is 31.9 Å². The summed E-state index contributed by atoms with van der Waals surface area (Å²) in [5.41, 5.74) is 0.785. The molecule has 0 fully saturated rings. The minimum Gasteiger partial charge on any atom is -0.508 e. The summed E-state index contributed by atoms with van der Waals surface area (Å²) >= 11 is 0. The smallest absolute Gasteiger partial charge is 0.126 e. The first-order valence-corrected chi connectivity index (χ1v) is 6.83. The molecular weight excluding hydrogens is 243 g/mol. The quantitative estimate of drug-likeness (QED) is 0.823. The summed E-state index contributed by atoms with van der Waals surface area (Å²) < 4.78 is 13.0. The molecule has 0 saturated heterocycles. The lowest BCUT2D eigenvalue weighted by Gasteiger charge is -2.29. The minimum absolute atomic E-state index is 0.0403. The Morgan fingerprint density at radius 2 is 1.95 bits per heavy atom. The van der Waals surface area contributed by atoms with E-state index in [4.69, 9.17) is 0 Å². The van der Waals surface area contributed by atoms with Crippen molar-refractivity contribution in [2.24, 2.45) is 0 Å². The van der Waals surface area contributed by atoms with Crippen molar-refractivity contribution in [3.63, 3.8) is 0 Å². The number of hydrogen-bond donors (Lipinski definition) is 1. The van der Waals surface area contributed by atoms with Crippen molar-refractivity contribution in [1.29, 1.82) is 0 Å². The molecule has 4 heteroatoms. The number of phenolic OH excluding ortho intramolecular Hbond substituents is 1. The van der Waals surface area contributed by atoms with Crippen LogP contribution in [0.3, 0.4) is 0 Å². The molecule has 0 heterocycles. The summed E-state index contributed by atoms with van der Waals surface area (Å²) in [7, 11) is 4.12. The van der Waals surface area contributed by atoms with Crippen molar-refractivity contribution in [3.05, 3.63) is 29.6 Å². The van der Waals surface area contributed by atoms with E-state index < -0.39 is 5.82 Å². The maximum atomic E-state index is 13.0. The average molecular weight is 268 g/mol. The summed E-state index contributed by atoms with van der Waals surface area (Å²) in [6.45, 7) is 7.07. The molecule has 0 aliphatic rings. The van der Waals surface area contributed by atoms with Crippen LogP contribution in [0.2, 0.25) is 0 Å². The first kappa shape index (κ1) is 15.9. The van der Waals surface area contributed by atoms with Gasteiger partial charge in [-0.15, -0.1) is 0 Å². The molecule has 1 rings (SSSR count). The molecule has 0 aromatic heterocycles. The second kappa shape index (κ2) is 7.46. The highest BCUT2D eigenvalue weighted by Gasteiger charge is 2.17. The predicted molar refractivity (Wildman–Crippen MR) is 76.9 cm³/mol. The molecule has 1 unspecified atom stereocenters. The topological polar surface area (TPSA) is 26.7 Å². The van der Waals surface area contributed by atoms with Gasteiger partial charge in [0.25, 0.3) is 0 Å². The highest BCUT2D eigenvalue weighted by molar-refractivity contribution is 5.34. The number of halogens is 1. The number of nitrogens with zero attached hydrogens (tertiary/aromatic N) is 2. The van der Waals surface area contributed by atoms with Crippen molar-refractivity contribution < 1.29 is 9.50 Å². The molecule has 0 aliphatic heterocycles. The number of benzene rings is 1. The van der Waals surface area contributed by atoms with E-state index in [9.17, 15) is 9.50 Å². The maximum absolute atomic E-state index is 13.0. The first-order valence-electron chi connectivity index (χ1n) is 6.83. The fourth-order valence-corrected chi connectivity index (χ4v) is 2.28. The van der Waals surface area contributed by atoms with Crippen molar-refractivity contribution in [2.75, 3.05) is 33.7 Å². The third kappa shape index (κ3) is 4.80. The number of hydrogen-bond acceptors (Lipinski definition) is 3. The van der Waals surface area contributed by atoms with Crippen LogP contribution in [0.15, 0.2) is 18.2 Å². The molecule has 0 radical (unpaired) electrons. The van der Waals surface area contributed by atoms with Gasteiger partial charge in [0.05, 0.1) is 0 Å². The Balaban J connectivity index is 2.69. The zero-order valence-electron chi connectivity index (χ0n) is 12.4. The van der Waals surface area contributed by atoms with Crippen LogP contribution in [0.5, 0.6) is 5.75 Å². The summed E-state index contributed by atoms with van der Waals surface area (Å²) in [5.74, 6) is -0.359. The number of rotatable bonds is 7. The van der Waals surface area contributed by atoms with Crippen LogP contribution < -0.4 is 0 Å². The van der Waals surface area contributed by atoms with Gasteiger partial charge in [-0.3, -0.25) is 4.90 Å². The molecule has 108 valence electrons. The van der Waals surface area contributed by atoms with Crippen LogP contribution in [0, 0.1) is 5.82 Å². The van der Waals surface area contributed by atoms with Gasteiger partial charge in [0.15, 0.2) is 0 Å². The van der Waals surface area contributed by atoms with Gasteiger partial charge >= 0.3 is 0 Å². The van der Waals surface area contributed by atoms with E-state index in [0.717, 1.165) is 31.6 Å². The Hall–Kier alpha value is -1.13. The summed E-state index contributed by atoms with van der Waals surface area (Å²) in [6.07, 6.45) is 1.08. The molecule has 1 N–H and O–H groups in total. The van der Waals surface area contributed by atoms with Gasteiger partial charge in [-0.2, -0.15) is 0 Å². The minimum atomic E-state index is -0.399. The van der Waals surface area contributed by atoms with E-state index in [1.54, 1.807) is 6.07 Å². The molecule has 0 spiro atoms. The molecule has 1 atom stereocenters. The van der Waals surface area contributed by atoms with Crippen LogP contribution in [-0.4, -0.2) is 48.6 Å². The second-order valence-electron chi connectivity index (χ2n) is 5.16. The van der Waals surface area contributed by atoms with E-state index in [2.05, 4.69) is 30.8 Å². The van der Waals surface area contributed by atoms with Gasteiger partial charge < -0.3 is 10.0 Å². The third-order valence-electron chi connectivity index (χ3n) is 3.45. The molecule has 3 nitrogen and oxygen atoms in total. The summed E-state index contributed by atoms with van der Waals surface area (Å²) in [5, 5.41) is 9.84. The fourth-order valence-electron chi connectivity index (χ4n) is 2.28. The Morgan fingerprint density at radius 1 is 1.26 bits per heavy atom. The molecule has 0 bridgehead atoms. The highest BCUT2D eigenvalue weighted by Crippen LogP contribution is 2.28. The van der Waals surface area contributed by atoms with Gasteiger partial charge in [-0.25, -0.2) is 4.39 Å². The van der Waals surface area contributed by atoms with Crippen molar-refractivity contribution >= 4 is 0 Å². The van der Waals surface area contributed by atoms with E-state index in [1.807, 2.05) is 6.92 Å². The van der Waals surface area contributed by atoms with Crippen LogP contribution in [0.25, 0.3) is 0 Å². The monoisotopic (exact) mass is 268 g/mol. The second-order valence-corrected chi connectivity index (χ2v) is 5.16. The van der Waals surface area contributed by atoms with Crippen LogP contribution >= 0.6 is 0 Å². The number of aromatic hydroxyl groups is 1.